The normalized spacial score (nSPS) is 9.88. The Kier molecular flexibility index (Phi) is 4.72. The molecule has 17 heavy (non-hydrogen) atoms. The Balaban J connectivity index is 2.67. The number of aromatic nitrogens is 1. The summed E-state index contributed by atoms with van der Waals surface area (Å²) in [7, 11) is 3.21. The Morgan fingerprint density at radius 3 is 2.29 bits per heavy atom. The average molecular weight is 276 g/mol. The molecule has 0 saturated carbocycles. The minimum Gasteiger partial charge on any atom is -0.347 e. The first-order valence-corrected chi connectivity index (χ1v) is 5.47. The number of halogens is 2. The summed E-state index contributed by atoms with van der Waals surface area (Å²) in [5.41, 5.74) is 0.265. The minimum absolute atomic E-state index is 0.0800. The lowest BCUT2D eigenvalue weighted by atomic mass is 10.2. The maximum atomic E-state index is 11.6. The standard InChI is InChI=1S/C10H11Cl2N3O2/c1-15(2)9(16)5-13-10(17)6-3-7(11)14-8(12)4-6/h3-4H,5H2,1-2H3,(H,13,17). The van der Waals surface area contributed by atoms with E-state index in [4.69, 9.17) is 23.2 Å². The van der Waals surface area contributed by atoms with Gasteiger partial charge in [0.1, 0.15) is 10.3 Å². The van der Waals surface area contributed by atoms with Gasteiger partial charge < -0.3 is 10.2 Å². The summed E-state index contributed by atoms with van der Waals surface area (Å²) in [4.78, 5) is 28.0. The van der Waals surface area contributed by atoms with E-state index in [0.717, 1.165) is 0 Å². The summed E-state index contributed by atoms with van der Waals surface area (Å²) >= 11 is 11.3. The predicted octanol–water partition coefficient (Wildman–Crippen LogP) is 1.21. The van der Waals surface area contributed by atoms with Gasteiger partial charge in [-0.25, -0.2) is 4.98 Å². The number of nitrogens with zero attached hydrogens (tertiary/aromatic N) is 2. The van der Waals surface area contributed by atoms with Gasteiger partial charge in [-0.2, -0.15) is 0 Å². The van der Waals surface area contributed by atoms with Crippen molar-refractivity contribution in [1.29, 1.82) is 0 Å². The maximum Gasteiger partial charge on any atom is 0.251 e. The van der Waals surface area contributed by atoms with Crippen molar-refractivity contribution >= 4 is 35.0 Å². The van der Waals surface area contributed by atoms with E-state index in [9.17, 15) is 9.59 Å². The number of nitrogens with one attached hydrogen (secondary N) is 1. The van der Waals surface area contributed by atoms with Crippen molar-refractivity contribution in [3.05, 3.63) is 28.0 Å². The van der Waals surface area contributed by atoms with Crippen LogP contribution in [0.1, 0.15) is 10.4 Å². The molecule has 92 valence electrons. The third-order valence-corrected chi connectivity index (χ3v) is 2.31. The van der Waals surface area contributed by atoms with Gasteiger partial charge in [0.25, 0.3) is 5.91 Å². The molecule has 0 atom stereocenters. The van der Waals surface area contributed by atoms with Crippen molar-refractivity contribution in [3.8, 4) is 0 Å². The van der Waals surface area contributed by atoms with Crippen molar-refractivity contribution in [2.45, 2.75) is 0 Å². The van der Waals surface area contributed by atoms with Crippen molar-refractivity contribution < 1.29 is 9.59 Å². The number of hydrogen-bond acceptors (Lipinski definition) is 3. The molecule has 1 aromatic rings. The van der Waals surface area contributed by atoms with Crippen LogP contribution in [0.25, 0.3) is 0 Å². The van der Waals surface area contributed by atoms with Crippen LogP contribution in [0.2, 0.25) is 10.3 Å². The third-order valence-electron chi connectivity index (χ3n) is 1.92. The molecule has 1 N–H and O–H groups in total. The summed E-state index contributed by atoms with van der Waals surface area (Å²) in [6.07, 6.45) is 0. The highest BCUT2D eigenvalue weighted by Gasteiger charge is 2.11. The van der Waals surface area contributed by atoms with Gasteiger partial charge in [-0.1, -0.05) is 23.2 Å². The molecule has 2 amide bonds. The maximum absolute atomic E-state index is 11.6. The van der Waals surface area contributed by atoms with Crippen LogP contribution < -0.4 is 5.32 Å². The smallest absolute Gasteiger partial charge is 0.251 e. The lowest BCUT2D eigenvalue weighted by Crippen LogP contribution is -2.36. The zero-order valence-corrected chi connectivity index (χ0v) is 10.8. The number of rotatable bonds is 3. The van der Waals surface area contributed by atoms with Crippen LogP contribution in [-0.2, 0) is 4.79 Å². The van der Waals surface area contributed by atoms with Gasteiger partial charge in [0.2, 0.25) is 5.91 Å². The van der Waals surface area contributed by atoms with Crippen LogP contribution in [0.4, 0.5) is 0 Å². The van der Waals surface area contributed by atoms with Gasteiger partial charge in [-0.15, -0.1) is 0 Å². The van der Waals surface area contributed by atoms with Crippen molar-refractivity contribution in [2.75, 3.05) is 20.6 Å². The monoisotopic (exact) mass is 275 g/mol. The number of amides is 2. The first kappa shape index (κ1) is 13.7. The fraction of sp³-hybridized carbons (Fsp3) is 0.300. The molecule has 0 spiro atoms. The van der Waals surface area contributed by atoms with E-state index in [1.807, 2.05) is 0 Å². The second-order valence-electron chi connectivity index (χ2n) is 3.47. The molecule has 1 rings (SSSR count). The Hall–Kier alpha value is -1.33. The van der Waals surface area contributed by atoms with Crippen molar-refractivity contribution in [3.63, 3.8) is 0 Å². The summed E-state index contributed by atoms with van der Waals surface area (Å²) in [6.45, 7) is -0.0800. The molecule has 5 nitrogen and oxygen atoms in total. The Morgan fingerprint density at radius 1 is 1.29 bits per heavy atom. The Bertz CT molecular complexity index is 429. The number of likely N-dealkylation sites (N-methyl/N-ethyl adjacent to an activating group) is 1. The molecule has 0 fully saturated rings. The molecule has 0 aliphatic carbocycles. The highest BCUT2D eigenvalue weighted by Crippen LogP contribution is 2.14. The predicted molar refractivity (Wildman–Crippen MR) is 65.3 cm³/mol. The summed E-state index contributed by atoms with van der Waals surface area (Å²) in [5.74, 6) is -0.629. The molecule has 0 unspecified atom stereocenters. The molecule has 7 heteroatoms. The van der Waals surface area contributed by atoms with Crippen molar-refractivity contribution in [2.24, 2.45) is 0 Å². The molecule has 0 aliphatic rings. The Morgan fingerprint density at radius 2 is 1.82 bits per heavy atom. The molecule has 1 aromatic heterocycles. The van der Waals surface area contributed by atoms with E-state index in [1.165, 1.54) is 17.0 Å². The summed E-state index contributed by atoms with van der Waals surface area (Å²) < 4.78 is 0. The number of hydrogen-bond donors (Lipinski definition) is 1. The highest BCUT2D eigenvalue weighted by atomic mass is 35.5. The van der Waals surface area contributed by atoms with E-state index in [0.29, 0.717) is 0 Å². The number of carbonyl (C=O) groups is 2. The number of carbonyl (C=O) groups excluding carboxylic acids is 2. The molecule has 0 aromatic carbocycles. The van der Waals surface area contributed by atoms with E-state index < -0.39 is 5.91 Å². The highest BCUT2D eigenvalue weighted by molar-refractivity contribution is 6.33. The van der Waals surface area contributed by atoms with E-state index in [1.54, 1.807) is 14.1 Å². The topological polar surface area (TPSA) is 62.3 Å². The van der Waals surface area contributed by atoms with Crippen LogP contribution in [0.15, 0.2) is 12.1 Å². The SMILES string of the molecule is CN(C)C(=O)CNC(=O)c1cc(Cl)nc(Cl)c1. The van der Waals surface area contributed by atoms with E-state index >= 15 is 0 Å². The summed E-state index contributed by atoms with van der Waals surface area (Å²) in [6, 6.07) is 2.76. The van der Waals surface area contributed by atoms with Gasteiger partial charge in [0.15, 0.2) is 0 Å². The number of pyridine rings is 1. The molecular weight excluding hydrogens is 265 g/mol. The van der Waals surface area contributed by atoms with Gasteiger partial charge in [0, 0.05) is 19.7 Å². The molecule has 0 bridgehead atoms. The van der Waals surface area contributed by atoms with Gasteiger partial charge in [-0.3, -0.25) is 9.59 Å². The quantitative estimate of drug-likeness (QED) is 0.844. The van der Waals surface area contributed by atoms with Gasteiger partial charge in [-0.05, 0) is 12.1 Å². The van der Waals surface area contributed by atoms with Crippen LogP contribution in [0.3, 0.4) is 0 Å². The second-order valence-corrected chi connectivity index (χ2v) is 4.25. The van der Waals surface area contributed by atoms with Crippen LogP contribution in [0, 0.1) is 0 Å². The molecule has 0 saturated heterocycles. The van der Waals surface area contributed by atoms with E-state index in [-0.39, 0.29) is 28.3 Å². The first-order chi connectivity index (χ1) is 7.90. The summed E-state index contributed by atoms with van der Waals surface area (Å²) in [5, 5.41) is 2.71. The minimum atomic E-state index is -0.425. The largest absolute Gasteiger partial charge is 0.347 e. The lowest BCUT2D eigenvalue weighted by Gasteiger charge is -2.11. The molecule has 0 aliphatic heterocycles. The fourth-order valence-corrected chi connectivity index (χ4v) is 1.47. The Labute approximate surface area is 109 Å². The molecule has 1 heterocycles. The molecular formula is C10H11Cl2N3O2. The first-order valence-electron chi connectivity index (χ1n) is 4.71. The van der Waals surface area contributed by atoms with E-state index in [2.05, 4.69) is 10.3 Å². The fourth-order valence-electron chi connectivity index (χ4n) is 1.01. The zero-order valence-electron chi connectivity index (χ0n) is 9.33. The third kappa shape index (κ3) is 4.20. The average Bonchev–Trinajstić information content (AvgIpc) is 2.23. The van der Waals surface area contributed by atoms with Crippen LogP contribution in [-0.4, -0.2) is 42.3 Å². The van der Waals surface area contributed by atoms with Crippen LogP contribution >= 0.6 is 23.2 Å². The van der Waals surface area contributed by atoms with Crippen molar-refractivity contribution in [1.82, 2.24) is 15.2 Å². The van der Waals surface area contributed by atoms with Crippen LogP contribution in [0.5, 0.6) is 0 Å². The zero-order chi connectivity index (χ0) is 13.0. The molecule has 0 radical (unpaired) electrons. The lowest BCUT2D eigenvalue weighted by molar-refractivity contribution is -0.127. The van der Waals surface area contributed by atoms with Gasteiger partial charge >= 0.3 is 0 Å². The second kappa shape index (κ2) is 5.84. The van der Waals surface area contributed by atoms with Gasteiger partial charge in [0.05, 0.1) is 6.54 Å².